The Labute approximate surface area is 252 Å². The Hall–Kier alpha value is -3.67. The van der Waals surface area contributed by atoms with Crippen molar-refractivity contribution in [3.63, 3.8) is 0 Å². The third-order valence-electron chi connectivity index (χ3n) is 7.33. The van der Waals surface area contributed by atoms with Crippen molar-refractivity contribution in [2.24, 2.45) is 5.92 Å². The molecule has 0 spiro atoms. The van der Waals surface area contributed by atoms with Gasteiger partial charge in [0.25, 0.3) is 0 Å². The van der Waals surface area contributed by atoms with E-state index in [0.717, 1.165) is 26.9 Å². The minimum Gasteiger partial charge on any atom is -0.497 e. The van der Waals surface area contributed by atoms with Gasteiger partial charge in [0.05, 0.1) is 23.7 Å². The first-order chi connectivity index (χ1) is 19.8. The fourth-order valence-electron chi connectivity index (χ4n) is 5.32. The highest BCUT2D eigenvalue weighted by Gasteiger charge is 2.56. The third-order valence-corrected chi connectivity index (χ3v) is 10.5. The van der Waals surface area contributed by atoms with Crippen LogP contribution in [0.1, 0.15) is 21.9 Å². The number of hydrogen-bond acceptors (Lipinski definition) is 7. The van der Waals surface area contributed by atoms with Gasteiger partial charge in [0.1, 0.15) is 17.5 Å². The van der Waals surface area contributed by atoms with Crippen molar-refractivity contribution in [3.05, 3.63) is 103 Å². The normalized spacial score (nSPS) is 19.6. The summed E-state index contributed by atoms with van der Waals surface area (Å²) in [6.45, 7) is 1.69. The molecule has 3 amide bonds. The van der Waals surface area contributed by atoms with Gasteiger partial charge in [-0.15, -0.1) is 0 Å². The van der Waals surface area contributed by atoms with Crippen molar-refractivity contribution >= 4 is 68.1 Å². The predicted molar refractivity (Wildman–Crippen MR) is 163 cm³/mol. The quantitative estimate of drug-likeness (QED) is 0.280. The van der Waals surface area contributed by atoms with E-state index in [1.165, 1.54) is 21.2 Å². The van der Waals surface area contributed by atoms with Gasteiger partial charge in [-0.3, -0.25) is 23.7 Å². The molecular weight excluding hydrogens is 626 g/mol. The molecular formula is C30H24BrN3O5S2. The molecule has 0 radical (unpaired) electrons. The molecule has 2 aliphatic rings. The number of thioether (sulfide) groups is 1. The van der Waals surface area contributed by atoms with Crippen LogP contribution in [0, 0.1) is 12.8 Å². The number of imide groups is 1. The van der Waals surface area contributed by atoms with Crippen LogP contribution >= 0.6 is 39.0 Å². The SMILES string of the molecule is COc1ccc(N2C(=O)[C@H]3[C@H](c4ccc(Br)cc4)c4sc(=O)n(CC(=O)Nc5ccccc5C)c4S[C@H]3C2=O)cc1. The molecule has 4 aromatic rings. The molecule has 3 heterocycles. The van der Waals surface area contributed by atoms with E-state index in [4.69, 9.17) is 4.74 Å². The zero-order valence-electron chi connectivity index (χ0n) is 22.0. The Morgan fingerprint density at radius 1 is 0.976 bits per heavy atom. The molecule has 0 saturated carbocycles. The smallest absolute Gasteiger partial charge is 0.308 e. The Kier molecular flexibility index (Phi) is 7.35. The number of carbonyl (C=O) groups excluding carboxylic acids is 3. The summed E-state index contributed by atoms with van der Waals surface area (Å²) in [5.74, 6) is -1.64. The van der Waals surface area contributed by atoms with E-state index in [2.05, 4.69) is 21.2 Å². The van der Waals surface area contributed by atoms with Crippen LogP contribution in [0.2, 0.25) is 0 Å². The van der Waals surface area contributed by atoms with Gasteiger partial charge >= 0.3 is 4.87 Å². The number of ether oxygens (including phenoxy) is 1. The highest BCUT2D eigenvalue weighted by Crippen LogP contribution is 2.54. The Bertz CT molecular complexity index is 1730. The van der Waals surface area contributed by atoms with Crippen molar-refractivity contribution < 1.29 is 19.1 Å². The monoisotopic (exact) mass is 649 g/mol. The summed E-state index contributed by atoms with van der Waals surface area (Å²) in [6.07, 6.45) is 0. The van der Waals surface area contributed by atoms with Crippen molar-refractivity contribution in [2.45, 2.75) is 29.7 Å². The highest BCUT2D eigenvalue weighted by molar-refractivity contribution is 9.10. The maximum atomic E-state index is 14.0. The summed E-state index contributed by atoms with van der Waals surface area (Å²) in [5, 5.41) is 2.67. The minimum atomic E-state index is -0.759. The Morgan fingerprint density at radius 3 is 2.37 bits per heavy atom. The summed E-state index contributed by atoms with van der Waals surface area (Å²) in [6, 6.07) is 21.8. The molecule has 8 nitrogen and oxygen atoms in total. The van der Waals surface area contributed by atoms with Gasteiger partial charge in [-0.05, 0) is 60.5 Å². The van der Waals surface area contributed by atoms with Gasteiger partial charge in [-0.1, -0.05) is 69.4 Å². The molecule has 208 valence electrons. The first-order valence-corrected chi connectivity index (χ1v) is 15.3. The summed E-state index contributed by atoms with van der Waals surface area (Å²) in [5.41, 5.74) is 2.85. The Morgan fingerprint density at radius 2 is 1.68 bits per heavy atom. The van der Waals surface area contributed by atoms with Gasteiger partial charge < -0.3 is 10.1 Å². The number of nitrogens with one attached hydrogen (secondary N) is 1. The van der Waals surface area contributed by atoms with Crippen LogP contribution in [0.5, 0.6) is 5.75 Å². The van der Waals surface area contributed by atoms with Crippen LogP contribution in [-0.2, 0) is 20.9 Å². The highest BCUT2D eigenvalue weighted by atomic mass is 79.9. The van der Waals surface area contributed by atoms with Crippen LogP contribution in [0.15, 0.2) is 87.1 Å². The van der Waals surface area contributed by atoms with Gasteiger partial charge in [0.2, 0.25) is 17.7 Å². The number of fused-ring (bicyclic) bond motifs is 2. The maximum Gasteiger partial charge on any atom is 0.308 e. The number of benzene rings is 3. The second-order valence-corrected chi connectivity index (χ2v) is 12.8. The second kappa shape index (κ2) is 11.0. The van der Waals surface area contributed by atoms with Gasteiger partial charge in [-0.25, -0.2) is 4.90 Å². The van der Waals surface area contributed by atoms with Crippen LogP contribution in [-0.4, -0.2) is 34.6 Å². The van der Waals surface area contributed by atoms with Crippen molar-refractivity contribution in [3.8, 4) is 5.75 Å². The average Bonchev–Trinajstić information content (AvgIpc) is 3.41. The molecule has 3 atom stereocenters. The number of aryl methyl sites for hydroxylation is 1. The number of para-hydroxylation sites is 1. The number of halogens is 1. The second-order valence-electron chi connectivity index (χ2n) is 9.79. The lowest BCUT2D eigenvalue weighted by atomic mass is 9.83. The summed E-state index contributed by atoms with van der Waals surface area (Å²) >= 11 is 5.69. The number of methoxy groups -OCH3 is 1. The molecule has 3 aromatic carbocycles. The molecule has 11 heteroatoms. The molecule has 41 heavy (non-hydrogen) atoms. The molecule has 1 fully saturated rings. The number of hydrogen-bond donors (Lipinski definition) is 1. The molecule has 1 saturated heterocycles. The average molecular weight is 651 g/mol. The first kappa shape index (κ1) is 27.5. The lowest BCUT2D eigenvalue weighted by Gasteiger charge is -2.30. The molecule has 0 unspecified atom stereocenters. The number of aromatic nitrogens is 1. The molecule has 6 rings (SSSR count). The first-order valence-electron chi connectivity index (χ1n) is 12.8. The Balaban J connectivity index is 1.40. The molecule has 0 aliphatic carbocycles. The van der Waals surface area contributed by atoms with E-state index < -0.39 is 17.1 Å². The lowest BCUT2D eigenvalue weighted by Crippen LogP contribution is -2.33. The van der Waals surface area contributed by atoms with Gasteiger partial charge in [0, 0.05) is 21.0 Å². The van der Waals surface area contributed by atoms with Gasteiger partial charge in [-0.2, -0.15) is 0 Å². The lowest BCUT2D eigenvalue weighted by molar-refractivity contribution is -0.122. The third kappa shape index (κ3) is 4.92. The summed E-state index contributed by atoms with van der Waals surface area (Å²) < 4.78 is 7.53. The fourth-order valence-corrected chi connectivity index (χ4v) is 8.35. The van der Waals surface area contributed by atoms with E-state index in [1.807, 2.05) is 49.4 Å². The molecule has 2 aliphatic heterocycles. The largest absolute Gasteiger partial charge is 0.497 e. The number of nitrogens with zero attached hydrogens (tertiary/aromatic N) is 2. The molecule has 1 N–H and O–H groups in total. The minimum absolute atomic E-state index is 0.208. The maximum absolute atomic E-state index is 14.0. The topological polar surface area (TPSA) is 97.7 Å². The van der Waals surface area contributed by atoms with Crippen molar-refractivity contribution in [1.29, 1.82) is 0 Å². The van der Waals surface area contributed by atoms with E-state index in [9.17, 15) is 19.2 Å². The molecule has 1 aromatic heterocycles. The number of anilines is 2. The van der Waals surface area contributed by atoms with Crippen LogP contribution in [0.25, 0.3) is 0 Å². The van der Waals surface area contributed by atoms with E-state index >= 15 is 0 Å². The van der Waals surface area contributed by atoms with Crippen molar-refractivity contribution in [2.75, 3.05) is 17.3 Å². The van der Waals surface area contributed by atoms with Crippen molar-refractivity contribution in [1.82, 2.24) is 4.57 Å². The van der Waals surface area contributed by atoms with Crippen LogP contribution < -0.4 is 19.8 Å². The predicted octanol–water partition coefficient (Wildman–Crippen LogP) is 5.42. The summed E-state index contributed by atoms with van der Waals surface area (Å²) in [7, 11) is 1.55. The zero-order valence-corrected chi connectivity index (χ0v) is 25.2. The van der Waals surface area contributed by atoms with Gasteiger partial charge in [0.15, 0.2) is 0 Å². The number of thiazole rings is 1. The van der Waals surface area contributed by atoms with E-state index in [-0.39, 0.29) is 29.1 Å². The van der Waals surface area contributed by atoms with E-state index in [1.54, 1.807) is 37.4 Å². The fraction of sp³-hybridized carbons (Fsp3) is 0.200. The van der Waals surface area contributed by atoms with Crippen LogP contribution in [0.3, 0.4) is 0 Å². The number of rotatable bonds is 6. The number of amides is 3. The molecule has 0 bridgehead atoms. The zero-order chi connectivity index (χ0) is 28.8. The van der Waals surface area contributed by atoms with E-state index in [0.29, 0.717) is 27.0 Å². The van der Waals surface area contributed by atoms with Crippen LogP contribution in [0.4, 0.5) is 11.4 Å². The summed E-state index contributed by atoms with van der Waals surface area (Å²) in [4.78, 5) is 55.8. The number of carbonyl (C=O) groups is 3. The standard InChI is InChI=1S/C30H24BrN3O5S2/c1-16-5-3-4-6-21(16)32-22(35)15-33-29-26(41-30(33)38)23(17-7-9-18(31)10-8-17)24-25(40-29)28(37)34(27(24)36)19-11-13-20(39-2)14-12-19/h3-14,23-25H,15H2,1-2H3,(H,32,35)/t23-,24-,25+/m0/s1.